The van der Waals surface area contributed by atoms with Crippen molar-refractivity contribution in [2.75, 3.05) is 20.1 Å². The van der Waals surface area contributed by atoms with Crippen LogP contribution in [0.25, 0.3) is 0 Å². The summed E-state index contributed by atoms with van der Waals surface area (Å²) < 4.78 is 0. The van der Waals surface area contributed by atoms with Crippen molar-refractivity contribution in [2.45, 2.75) is 52.5 Å². The van der Waals surface area contributed by atoms with Crippen molar-refractivity contribution in [3.63, 3.8) is 0 Å². The Bertz CT molecular complexity index is 534. The molecule has 3 rings (SSSR count). The summed E-state index contributed by atoms with van der Waals surface area (Å²) in [5.74, 6) is 1.99. The van der Waals surface area contributed by atoms with Gasteiger partial charge in [0.2, 0.25) is 0 Å². The summed E-state index contributed by atoms with van der Waals surface area (Å²) in [4.78, 5) is 11.7. The number of hydrogen-bond donors (Lipinski definition) is 1. The molecule has 6 heteroatoms. The van der Waals surface area contributed by atoms with Gasteiger partial charge in [0.15, 0.2) is 5.96 Å². The molecule has 1 aromatic heterocycles. The summed E-state index contributed by atoms with van der Waals surface area (Å²) in [5, 5.41) is 6.72. The molecule has 0 atom stereocenters. The van der Waals surface area contributed by atoms with Gasteiger partial charge in [-0.25, -0.2) is 4.98 Å². The Morgan fingerprint density at radius 3 is 2.70 bits per heavy atom. The average Bonchev–Trinajstić information content (AvgIpc) is 3.20. The first-order valence-corrected chi connectivity index (χ1v) is 9.41. The van der Waals surface area contributed by atoms with E-state index < -0.39 is 0 Å². The van der Waals surface area contributed by atoms with E-state index in [2.05, 4.69) is 41.5 Å². The Balaban J connectivity index is 0.00000192. The van der Waals surface area contributed by atoms with Crippen LogP contribution in [0.2, 0.25) is 0 Å². The van der Waals surface area contributed by atoms with Gasteiger partial charge in [0.1, 0.15) is 0 Å². The van der Waals surface area contributed by atoms with E-state index in [-0.39, 0.29) is 24.0 Å². The van der Waals surface area contributed by atoms with E-state index in [0.717, 1.165) is 42.2 Å². The highest BCUT2D eigenvalue weighted by molar-refractivity contribution is 14.0. The second-order valence-electron chi connectivity index (χ2n) is 6.87. The quantitative estimate of drug-likeness (QED) is 0.406. The lowest BCUT2D eigenvalue weighted by Crippen LogP contribution is -2.41. The lowest BCUT2D eigenvalue weighted by molar-refractivity contribution is 0.112. The highest BCUT2D eigenvalue weighted by Gasteiger charge is 2.48. The highest BCUT2D eigenvalue weighted by Crippen LogP contribution is 2.57. The van der Waals surface area contributed by atoms with E-state index >= 15 is 0 Å². The zero-order valence-corrected chi connectivity index (χ0v) is 17.6. The molecule has 0 spiro atoms. The van der Waals surface area contributed by atoms with Crippen LogP contribution in [0.3, 0.4) is 0 Å². The van der Waals surface area contributed by atoms with Crippen molar-refractivity contribution < 1.29 is 0 Å². The predicted octanol–water partition coefficient (Wildman–Crippen LogP) is 4.05. The molecule has 0 aromatic carbocycles. The first-order valence-electron chi connectivity index (χ1n) is 8.53. The Labute approximate surface area is 161 Å². The molecule has 0 radical (unpaired) electrons. The summed E-state index contributed by atoms with van der Waals surface area (Å²) in [7, 11) is 2.11. The molecule has 0 aliphatic heterocycles. The van der Waals surface area contributed by atoms with Crippen molar-refractivity contribution in [1.29, 1.82) is 0 Å². The third kappa shape index (κ3) is 4.59. The van der Waals surface area contributed by atoms with Gasteiger partial charge in [-0.05, 0) is 50.9 Å². The third-order valence-electron chi connectivity index (χ3n) is 5.10. The number of thiazole rings is 1. The fraction of sp³-hybridized carbons (Fsp3) is 0.765. The minimum atomic E-state index is 0. The lowest BCUT2D eigenvalue weighted by atomic mass is 9.65. The number of aryl methyl sites for hydroxylation is 1. The summed E-state index contributed by atoms with van der Waals surface area (Å²) >= 11 is 1.72. The van der Waals surface area contributed by atoms with E-state index in [0.29, 0.717) is 5.41 Å². The van der Waals surface area contributed by atoms with E-state index in [9.17, 15) is 0 Å². The van der Waals surface area contributed by atoms with Crippen LogP contribution in [0.1, 0.15) is 49.7 Å². The average molecular weight is 448 g/mol. The van der Waals surface area contributed by atoms with Crippen molar-refractivity contribution in [2.24, 2.45) is 16.3 Å². The molecule has 2 saturated carbocycles. The normalized spacial score (nSPS) is 19.7. The molecule has 130 valence electrons. The van der Waals surface area contributed by atoms with Crippen LogP contribution in [0, 0.1) is 18.3 Å². The fourth-order valence-electron chi connectivity index (χ4n) is 3.52. The second-order valence-corrected chi connectivity index (χ2v) is 7.94. The van der Waals surface area contributed by atoms with Gasteiger partial charge >= 0.3 is 0 Å². The van der Waals surface area contributed by atoms with E-state index in [4.69, 9.17) is 4.99 Å². The molecule has 2 fully saturated rings. The molecule has 0 saturated heterocycles. The number of aliphatic imine (C=N–C) groups is 1. The van der Waals surface area contributed by atoms with Crippen molar-refractivity contribution in [3.05, 3.63) is 16.1 Å². The zero-order valence-electron chi connectivity index (χ0n) is 14.5. The molecule has 0 bridgehead atoms. The second kappa shape index (κ2) is 8.14. The number of halogens is 1. The van der Waals surface area contributed by atoms with Gasteiger partial charge < -0.3 is 10.2 Å². The maximum atomic E-state index is 4.98. The monoisotopic (exact) mass is 448 g/mol. The summed E-state index contributed by atoms with van der Waals surface area (Å²) in [6.45, 7) is 6.93. The van der Waals surface area contributed by atoms with E-state index in [1.165, 1.54) is 32.1 Å². The van der Waals surface area contributed by atoms with Gasteiger partial charge in [0, 0.05) is 25.5 Å². The van der Waals surface area contributed by atoms with E-state index in [1.54, 1.807) is 11.3 Å². The first kappa shape index (κ1) is 19.0. The third-order valence-corrected chi connectivity index (χ3v) is 5.92. The molecular formula is C17H29IN4S. The highest BCUT2D eigenvalue weighted by atomic mass is 127. The molecule has 2 aliphatic carbocycles. The molecular weight excluding hydrogens is 419 g/mol. The molecule has 0 amide bonds. The van der Waals surface area contributed by atoms with Crippen LogP contribution < -0.4 is 5.32 Å². The Kier molecular flexibility index (Phi) is 6.71. The van der Waals surface area contributed by atoms with Gasteiger partial charge in [-0.2, -0.15) is 0 Å². The summed E-state index contributed by atoms with van der Waals surface area (Å²) in [5.41, 5.74) is 1.68. The van der Waals surface area contributed by atoms with Crippen molar-refractivity contribution in [3.8, 4) is 0 Å². The van der Waals surface area contributed by atoms with Gasteiger partial charge in [-0.3, -0.25) is 4.99 Å². The van der Waals surface area contributed by atoms with Crippen molar-refractivity contribution >= 4 is 41.3 Å². The van der Waals surface area contributed by atoms with Crippen LogP contribution in [-0.2, 0) is 6.54 Å². The molecule has 23 heavy (non-hydrogen) atoms. The number of aromatic nitrogens is 1. The van der Waals surface area contributed by atoms with Crippen LogP contribution in [0.5, 0.6) is 0 Å². The largest absolute Gasteiger partial charge is 0.357 e. The lowest BCUT2D eigenvalue weighted by Gasteiger charge is -2.41. The minimum Gasteiger partial charge on any atom is -0.357 e. The topological polar surface area (TPSA) is 40.5 Å². The molecule has 4 nitrogen and oxygen atoms in total. The minimum absolute atomic E-state index is 0. The Hall–Kier alpha value is -0.370. The van der Waals surface area contributed by atoms with Gasteiger partial charge in [-0.1, -0.05) is 6.42 Å². The Morgan fingerprint density at radius 1 is 1.48 bits per heavy atom. The van der Waals surface area contributed by atoms with Crippen LogP contribution in [-0.4, -0.2) is 36.0 Å². The van der Waals surface area contributed by atoms with Gasteiger partial charge in [0.05, 0.1) is 17.2 Å². The van der Waals surface area contributed by atoms with Crippen LogP contribution in [0.15, 0.2) is 10.4 Å². The molecule has 0 unspecified atom stereocenters. The number of guanidine groups is 1. The molecule has 1 aromatic rings. The zero-order chi connectivity index (χ0) is 15.6. The number of hydrogen-bond acceptors (Lipinski definition) is 3. The SMILES string of the molecule is CCNC(=NCC1(C2CC2)CCC1)N(C)Cc1csc(C)n1.I. The van der Waals surface area contributed by atoms with Gasteiger partial charge in [0.25, 0.3) is 0 Å². The van der Waals surface area contributed by atoms with Crippen LogP contribution in [0.4, 0.5) is 0 Å². The molecule has 1 N–H and O–H groups in total. The maximum Gasteiger partial charge on any atom is 0.194 e. The first-order chi connectivity index (χ1) is 10.6. The fourth-order valence-corrected chi connectivity index (χ4v) is 4.13. The maximum absolute atomic E-state index is 4.98. The van der Waals surface area contributed by atoms with Crippen LogP contribution >= 0.6 is 35.3 Å². The predicted molar refractivity (Wildman–Crippen MR) is 109 cm³/mol. The number of nitrogens with one attached hydrogen (secondary N) is 1. The number of nitrogens with zero attached hydrogens (tertiary/aromatic N) is 3. The van der Waals surface area contributed by atoms with Gasteiger partial charge in [-0.15, -0.1) is 35.3 Å². The standard InChI is InChI=1S/C17H28N4S.HI/c1-4-18-16(21(3)10-15-11-22-13(2)20-15)19-12-17(8-5-9-17)14-6-7-14;/h11,14H,4-10,12H2,1-3H3,(H,18,19);1H. The summed E-state index contributed by atoms with van der Waals surface area (Å²) in [6, 6.07) is 0. The summed E-state index contributed by atoms with van der Waals surface area (Å²) in [6.07, 6.45) is 7.03. The van der Waals surface area contributed by atoms with Crippen molar-refractivity contribution in [1.82, 2.24) is 15.2 Å². The smallest absolute Gasteiger partial charge is 0.194 e. The van der Waals surface area contributed by atoms with E-state index in [1.807, 2.05) is 0 Å². The molecule has 1 heterocycles. The Morgan fingerprint density at radius 2 is 2.22 bits per heavy atom. The number of rotatable bonds is 6. The molecule has 2 aliphatic rings.